The molecule has 106 valence electrons. The summed E-state index contributed by atoms with van der Waals surface area (Å²) in [5.74, 6) is -1.87. The van der Waals surface area contributed by atoms with Crippen LogP contribution in [0.15, 0.2) is 18.2 Å². The van der Waals surface area contributed by atoms with Crippen molar-refractivity contribution in [1.29, 1.82) is 0 Å². The number of hydrogen-bond acceptors (Lipinski definition) is 5. The smallest absolute Gasteiger partial charge is 0.534 e. The monoisotopic (exact) mass is 278 g/mol. The van der Waals surface area contributed by atoms with Crippen molar-refractivity contribution in [3.63, 3.8) is 0 Å². The van der Waals surface area contributed by atoms with Gasteiger partial charge in [0.05, 0.1) is 11.5 Å². The highest BCUT2D eigenvalue weighted by atomic mass is 16.5. The molecular formula is C12H15BN2O5. The molecule has 20 heavy (non-hydrogen) atoms. The number of para-hydroxylation sites is 1. The summed E-state index contributed by atoms with van der Waals surface area (Å²) >= 11 is 0. The Labute approximate surface area is 115 Å². The Kier molecular flexibility index (Phi) is 4.26. The van der Waals surface area contributed by atoms with Gasteiger partial charge in [-0.2, -0.15) is 0 Å². The molecule has 2 rings (SSSR count). The third-order valence-electron chi connectivity index (χ3n) is 3.07. The van der Waals surface area contributed by atoms with Crippen molar-refractivity contribution in [2.45, 2.75) is 18.8 Å². The van der Waals surface area contributed by atoms with Gasteiger partial charge < -0.3 is 25.8 Å². The third kappa shape index (κ3) is 2.92. The zero-order valence-corrected chi connectivity index (χ0v) is 10.7. The van der Waals surface area contributed by atoms with Crippen molar-refractivity contribution >= 4 is 19.0 Å². The number of hydrogen-bond donors (Lipinski definition) is 4. The van der Waals surface area contributed by atoms with Crippen LogP contribution in [0.5, 0.6) is 5.75 Å². The molecule has 1 aromatic carbocycles. The quantitative estimate of drug-likeness (QED) is 0.533. The second kappa shape index (κ2) is 5.93. The van der Waals surface area contributed by atoms with Gasteiger partial charge in [0.1, 0.15) is 5.75 Å². The van der Waals surface area contributed by atoms with Crippen LogP contribution >= 0.6 is 0 Å². The first kappa shape index (κ1) is 14.4. The molecule has 1 aromatic rings. The van der Waals surface area contributed by atoms with Crippen LogP contribution < -0.4 is 15.7 Å². The molecule has 7 nitrogen and oxygen atoms in total. The fourth-order valence-electron chi connectivity index (χ4n) is 2.13. The Hall–Kier alpha value is -2.06. The number of carboxylic acids is 1. The van der Waals surface area contributed by atoms with E-state index in [4.69, 9.17) is 15.5 Å². The summed E-state index contributed by atoms with van der Waals surface area (Å²) in [6, 6.07) is 4.71. The molecule has 0 saturated carbocycles. The lowest BCUT2D eigenvalue weighted by Gasteiger charge is -2.28. The van der Waals surface area contributed by atoms with Gasteiger partial charge >= 0.3 is 13.1 Å². The zero-order chi connectivity index (χ0) is 14.7. The van der Waals surface area contributed by atoms with Crippen molar-refractivity contribution < 1.29 is 24.4 Å². The van der Waals surface area contributed by atoms with E-state index in [2.05, 4.69) is 5.32 Å². The number of benzene rings is 1. The van der Waals surface area contributed by atoms with E-state index in [1.165, 1.54) is 6.07 Å². The van der Waals surface area contributed by atoms with Crippen molar-refractivity contribution in [3.05, 3.63) is 29.3 Å². The molecule has 1 amide bonds. The maximum atomic E-state index is 11.5. The average Bonchev–Trinajstić information content (AvgIpc) is 2.39. The minimum absolute atomic E-state index is 0.00622. The number of carboxylic acid groups (broad SMARTS) is 1. The summed E-state index contributed by atoms with van der Waals surface area (Å²) in [5.41, 5.74) is 5.91. The van der Waals surface area contributed by atoms with E-state index in [0.717, 1.165) is 0 Å². The lowest BCUT2D eigenvalue weighted by Crippen LogP contribution is -2.53. The molecule has 1 aliphatic heterocycles. The van der Waals surface area contributed by atoms with Crippen LogP contribution in [0, 0.1) is 0 Å². The lowest BCUT2D eigenvalue weighted by molar-refractivity contribution is -0.121. The van der Waals surface area contributed by atoms with E-state index < -0.39 is 19.0 Å². The second-order valence-electron chi connectivity index (χ2n) is 4.52. The van der Waals surface area contributed by atoms with Gasteiger partial charge in [-0.3, -0.25) is 4.79 Å². The zero-order valence-electron chi connectivity index (χ0n) is 10.7. The van der Waals surface area contributed by atoms with Crippen LogP contribution in [0.25, 0.3) is 0 Å². The average molecular weight is 278 g/mol. The number of carbonyl (C=O) groups is 2. The van der Waals surface area contributed by atoms with Crippen LogP contribution in [0.4, 0.5) is 0 Å². The van der Waals surface area contributed by atoms with Gasteiger partial charge in [-0.1, -0.05) is 12.1 Å². The summed E-state index contributed by atoms with van der Waals surface area (Å²) in [6.07, 6.45) is 0.458. The van der Waals surface area contributed by atoms with E-state index in [1.807, 2.05) is 0 Å². The Morgan fingerprint density at radius 3 is 2.90 bits per heavy atom. The molecule has 5 N–H and O–H groups in total. The van der Waals surface area contributed by atoms with Crippen LogP contribution in [0.2, 0.25) is 0 Å². The van der Waals surface area contributed by atoms with Gasteiger partial charge in [0.15, 0.2) is 0 Å². The predicted octanol–water partition coefficient (Wildman–Crippen LogP) is -0.827. The topological polar surface area (TPSA) is 122 Å². The summed E-state index contributed by atoms with van der Waals surface area (Å²) in [6.45, 7) is 0.218. The Morgan fingerprint density at radius 1 is 1.50 bits per heavy atom. The highest BCUT2D eigenvalue weighted by Crippen LogP contribution is 2.30. The highest BCUT2D eigenvalue weighted by molar-refractivity contribution is 6.47. The number of amides is 1. The van der Waals surface area contributed by atoms with Gasteiger partial charge in [-0.15, -0.1) is 0 Å². The Morgan fingerprint density at radius 2 is 2.25 bits per heavy atom. The van der Waals surface area contributed by atoms with E-state index in [-0.39, 0.29) is 30.2 Å². The van der Waals surface area contributed by atoms with Gasteiger partial charge in [-0.05, 0) is 18.1 Å². The molecule has 0 radical (unpaired) electrons. The molecule has 0 aromatic heterocycles. The molecule has 8 heteroatoms. The molecule has 0 spiro atoms. The first-order valence-corrected chi connectivity index (χ1v) is 6.22. The number of fused-ring (bicyclic) bond motifs is 1. The minimum Gasteiger partial charge on any atom is -0.534 e. The van der Waals surface area contributed by atoms with E-state index >= 15 is 0 Å². The van der Waals surface area contributed by atoms with Crippen LogP contribution in [0.3, 0.4) is 0 Å². The van der Waals surface area contributed by atoms with Gasteiger partial charge in [-0.25, -0.2) is 4.79 Å². The number of nitrogens with two attached hydrogens (primary N) is 1. The lowest BCUT2D eigenvalue weighted by atomic mass is 9.72. The molecule has 1 atom stereocenters. The maximum absolute atomic E-state index is 11.5. The molecular weight excluding hydrogens is 263 g/mol. The molecule has 1 unspecified atom stereocenters. The number of aromatic carboxylic acids is 1. The van der Waals surface area contributed by atoms with Crippen LogP contribution in [-0.4, -0.2) is 41.6 Å². The van der Waals surface area contributed by atoms with Crippen LogP contribution in [0.1, 0.15) is 22.3 Å². The molecule has 0 saturated heterocycles. The Balaban J connectivity index is 2.19. The van der Waals surface area contributed by atoms with Gasteiger partial charge in [0.25, 0.3) is 0 Å². The Bertz CT molecular complexity index is 537. The molecule has 0 fully saturated rings. The van der Waals surface area contributed by atoms with Crippen molar-refractivity contribution in [3.8, 4) is 5.75 Å². The van der Waals surface area contributed by atoms with Crippen molar-refractivity contribution in [1.82, 2.24) is 5.32 Å². The summed E-state index contributed by atoms with van der Waals surface area (Å²) < 4.78 is 5.24. The van der Waals surface area contributed by atoms with Crippen LogP contribution in [-0.2, 0) is 11.2 Å². The maximum Gasteiger partial charge on any atom is 0.547 e. The van der Waals surface area contributed by atoms with Gasteiger partial charge in [0.2, 0.25) is 5.91 Å². The predicted molar refractivity (Wildman–Crippen MR) is 71.3 cm³/mol. The number of nitrogens with one attached hydrogen (secondary N) is 1. The van der Waals surface area contributed by atoms with Crippen molar-refractivity contribution in [2.75, 3.05) is 6.54 Å². The standard InChI is InChI=1S/C12H15BN2O5/c14-5-4-10(16)15-9-6-7-2-1-3-8(12(17)18)11(7)20-13(9)19/h1-3,9,19H,4-6,14H2,(H,15,16)(H,17,18). The van der Waals surface area contributed by atoms with E-state index in [1.54, 1.807) is 12.1 Å². The highest BCUT2D eigenvalue weighted by Gasteiger charge is 2.37. The van der Waals surface area contributed by atoms with E-state index in [0.29, 0.717) is 12.0 Å². The summed E-state index contributed by atoms with van der Waals surface area (Å²) in [7, 11) is -1.29. The SMILES string of the molecule is NCCC(=O)NC1Cc2cccc(C(=O)O)c2OB1O. The molecule has 1 aliphatic rings. The molecule has 0 aliphatic carbocycles. The summed E-state index contributed by atoms with van der Waals surface area (Å²) in [4.78, 5) is 22.6. The molecule has 1 heterocycles. The number of rotatable bonds is 4. The number of carbonyl (C=O) groups excluding carboxylic acids is 1. The first-order valence-electron chi connectivity index (χ1n) is 6.22. The normalized spacial score (nSPS) is 17.1. The van der Waals surface area contributed by atoms with Gasteiger partial charge in [0, 0.05) is 13.0 Å². The first-order chi connectivity index (χ1) is 9.52. The fraction of sp³-hybridized carbons (Fsp3) is 0.333. The molecule has 0 bridgehead atoms. The second-order valence-corrected chi connectivity index (χ2v) is 4.52. The van der Waals surface area contributed by atoms with E-state index in [9.17, 15) is 14.6 Å². The third-order valence-corrected chi connectivity index (χ3v) is 3.07. The van der Waals surface area contributed by atoms with Crippen molar-refractivity contribution in [2.24, 2.45) is 5.73 Å². The fourth-order valence-corrected chi connectivity index (χ4v) is 2.13. The summed E-state index contributed by atoms with van der Waals surface area (Å²) in [5, 5.41) is 21.6. The minimum atomic E-state index is -1.29. The largest absolute Gasteiger partial charge is 0.547 e.